The number of hydrogen-bond acceptors (Lipinski definition) is 1. The second kappa shape index (κ2) is 2.91. The molecule has 0 fully saturated rings. The van der Waals surface area contributed by atoms with Gasteiger partial charge in [-0.3, -0.25) is 0 Å². The molecule has 0 aliphatic carbocycles. The third kappa shape index (κ3) is 1.46. The van der Waals surface area contributed by atoms with E-state index in [0.717, 1.165) is 12.1 Å². The zero-order chi connectivity index (χ0) is 9.42. The van der Waals surface area contributed by atoms with E-state index in [4.69, 9.17) is 0 Å². The van der Waals surface area contributed by atoms with Crippen LogP contribution in [0.2, 0.25) is 0 Å². The maximum atomic E-state index is 4.01. The van der Waals surface area contributed by atoms with Crippen LogP contribution in [0.15, 0.2) is 30.5 Å². The number of aryl methyl sites for hydroxylation is 1. The van der Waals surface area contributed by atoms with Crippen LogP contribution in [0.3, 0.4) is 0 Å². The molecule has 13 heavy (non-hydrogen) atoms. The normalized spacial score (nSPS) is 20.8. The van der Waals surface area contributed by atoms with Crippen molar-refractivity contribution in [2.24, 2.45) is 5.92 Å². The van der Waals surface area contributed by atoms with Gasteiger partial charge in [0.1, 0.15) is 0 Å². The van der Waals surface area contributed by atoms with Crippen molar-refractivity contribution >= 4 is 5.69 Å². The van der Waals surface area contributed by atoms with Gasteiger partial charge in [-0.05, 0) is 36.5 Å². The topological polar surface area (TPSA) is 12.0 Å². The molecular weight excluding hydrogens is 158 g/mol. The molecule has 0 bridgehead atoms. The molecule has 1 N–H and O–H groups in total. The fourth-order valence-corrected chi connectivity index (χ4v) is 1.73. The van der Waals surface area contributed by atoms with Crippen molar-refractivity contribution in [2.45, 2.75) is 20.3 Å². The lowest BCUT2D eigenvalue weighted by atomic mass is 9.92. The molecule has 1 aliphatic heterocycles. The van der Waals surface area contributed by atoms with Crippen LogP contribution in [-0.4, -0.2) is 0 Å². The first-order valence-electron chi connectivity index (χ1n) is 4.72. The highest BCUT2D eigenvalue weighted by molar-refractivity contribution is 5.59. The average molecular weight is 173 g/mol. The fraction of sp³-hybridized carbons (Fsp3) is 0.333. The largest absolute Gasteiger partial charge is 0.359 e. The molecule has 1 aliphatic rings. The lowest BCUT2D eigenvalue weighted by Crippen LogP contribution is -2.17. The van der Waals surface area contributed by atoms with Crippen molar-refractivity contribution < 1.29 is 0 Å². The molecule has 1 nitrogen and oxygen atoms in total. The van der Waals surface area contributed by atoms with Crippen LogP contribution in [-0.2, 0) is 6.42 Å². The Morgan fingerprint density at radius 2 is 2.23 bits per heavy atom. The van der Waals surface area contributed by atoms with E-state index in [2.05, 4.69) is 43.9 Å². The fourth-order valence-electron chi connectivity index (χ4n) is 1.73. The number of benzene rings is 1. The van der Waals surface area contributed by atoms with E-state index in [0.29, 0.717) is 5.92 Å². The van der Waals surface area contributed by atoms with Gasteiger partial charge >= 0.3 is 0 Å². The second-order valence-electron chi connectivity index (χ2n) is 3.92. The number of rotatable bonds is 0. The highest BCUT2D eigenvalue weighted by atomic mass is 14.9. The first kappa shape index (κ1) is 8.36. The number of allylic oxidation sites excluding steroid dienone is 1. The minimum Gasteiger partial charge on any atom is -0.359 e. The van der Waals surface area contributed by atoms with Crippen molar-refractivity contribution in [3.8, 4) is 0 Å². The Balaban J connectivity index is 2.42. The summed E-state index contributed by atoms with van der Waals surface area (Å²) in [6.45, 7) is 8.33. The summed E-state index contributed by atoms with van der Waals surface area (Å²) in [6, 6.07) is 6.56. The second-order valence-corrected chi connectivity index (χ2v) is 3.92. The number of nitrogens with one attached hydrogen (secondary N) is 1. The molecular formula is C12H15N. The zero-order valence-electron chi connectivity index (χ0n) is 8.22. The molecule has 0 spiro atoms. The van der Waals surface area contributed by atoms with Gasteiger partial charge in [-0.25, -0.2) is 0 Å². The van der Waals surface area contributed by atoms with Crippen LogP contribution in [0.1, 0.15) is 18.1 Å². The first-order chi connectivity index (χ1) is 6.16. The monoisotopic (exact) mass is 173 g/mol. The van der Waals surface area contributed by atoms with Gasteiger partial charge in [-0.2, -0.15) is 0 Å². The summed E-state index contributed by atoms with van der Waals surface area (Å²) in [4.78, 5) is 0. The minimum absolute atomic E-state index is 0.551. The van der Waals surface area contributed by atoms with Crippen molar-refractivity contribution in [1.82, 2.24) is 0 Å². The minimum atomic E-state index is 0.551. The summed E-state index contributed by atoms with van der Waals surface area (Å²) >= 11 is 0. The van der Waals surface area contributed by atoms with Crippen LogP contribution in [0.4, 0.5) is 5.69 Å². The summed E-state index contributed by atoms with van der Waals surface area (Å²) in [5.74, 6) is 0.551. The molecule has 2 rings (SSSR count). The van der Waals surface area contributed by atoms with Gasteiger partial charge in [0, 0.05) is 11.4 Å². The van der Waals surface area contributed by atoms with E-state index in [1.165, 1.54) is 16.8 Å². The lowest BCUT2D eigenvalue weighted by Gasteiger charge is -2.25. The van der Waals surface area contributed by atoms with E-state index in [1.54, 1.807) is 0 Å². The van der Waals surface area contributed by atoms with E-state index in [-0.39, 0.29) is 0 Å². The van der Waals surface area contributed by atoms with Crippen LogP contribution < -0.4 is 5.32 Å². The standard InChI is InChI=1S/C12H15N/c1-8-4-5-11-7-9(2)10(3)13-12(11)6-8/h4-6,9,13H,3,7H2,1-2H3. The van der Waals surface area contributed by atoms with Crippen molar-refractivity contribution in [2.75, 3.05) is 5.32 Å². The highest BCUT2D eigenvalue weighted by Gasteiger charge is 2.16. The number of anilines is 1. The van der Waals surface area contributed by atoms with Crippen molar-refractivity contribution in [3.05, 3.63) is 41.6 Å². The third-order valence-electron chi connectivity index (χ3n) is 2.68. The molecule has 0 amide bonds. The Labute approximate surface area is 79.5 Å². The number of fused-ring (bicyclic) bond motifs is 1. The Morgan fingerprint density at radius 3 is 3.00 bits per heavy atom. The maximum Gasteiger partial charge on any atom is 0.0417 e. The summed E-state index contributed by atoms with van der Waals surface area (Å²) in [5.41, 5.74) is 5.08. The van der Waals surface area contributed by atoms with Gasteiger partial charge in [-0.1, -0.05) is 25.6 Å². The molecule has 68 valence electrons. The average Bonchev–Trinajstić information content (AvgIpc) is 2.08. The number of hydrogen-bond donors (Lipinski definition) is 1. The molecule has 1 heteroatoms. The van der Waals surface area contributed by atoms with Crippen LogP contribution >= 0.6 is 0 Å². The predicted molar refractivity (Wildman–Crippen MR) is 56.8 cm³/mol. The predicted octanol–water partition coefficient (Wildman–Crippen LogP) is 3.11. The molecule has 1 unspecified atom stereocenters. The molecule has 0 radical (unpaired) electrons. The molecule has 1 heterocycles. The van der Waals surface area contributed by atoms with Crippen molar-refractivity contribution in [3.63, 3.8) is 0 Å². The quantitative estimate of drug-likeness (QED) is 0.635. The SMILES string of the molecule is C=C1Nc2cc(C)ccc2CC1C. The highest BCUT2D eigenvalue weighted by Crippen LogP contribution is 2.29. The van der Waals surface area contributed by atoms with E-state index >= 15 is 0 Å². The summed E-state index contributed by atoms with van der Waals surface area (Å²) in [6.07, 6.45) is 1.11. The molecule has 1 atom stereocenters. The Bertz CT molecular complexity index is 352. The third-order valence-corrected chi connectivity index (χ3v) is 2.68. The van der Waals surface area contributed by atoms with E-state index in [1.807, 2.05) is 0 Å². The Kier molecular flexibility index (Phi) is 1.87. The van der Waals surface area contributed by atoms with Crippen LogP contribution in [0, 0.1) is 12.8 Å². The van der Waals surface area contributed by atoms with Gasteiger partial charge in [0.25, 0.3) is 0 Å². The summed E-state index contributed by atoms with van der Waals surface area (Å²) in [7, 11) is 0. The Hall–Kier alpha value is -1.24. The Morgan fingerprint density at radius 1 is 1.46 bits per heavy atom. The van der Waals surface area contributed by atoms with Gasteiger partial charge in [0.15, 0.2) is 0 Å². The maximum absolute atomic E-state index is 4.01. The van der Waals surface area contributed by atoms with Gasteiger partial charge < -0.3 is 5.32 Å². The van der Waals surface area contributed by atoms with Crippen molar-refractivity contribution in [1.29, 1.82) is 0 Å². The molecule has 0 saturated carbocycles. The van der Waals surface area contributed by atoms with E-state index in [9.17, 15) is 0 Å². The zero-order valence-corrected chi connectivity index (χ0v) is 8.22. The van der Waals surface area contributed by atoms with Crippen LogP contribution in [0.25, 0.3) is 0 Å². The van der Waals surface area contributed by atoms with Gasteiger partial charge in [0.2, 0.25) is 0 Å². The molecule has 0 aromatic heterocycles. The van der Waals surface area contributed by atoms with Gasteiger partial charge in [0.05, 0.1) is 0 Å². The molecule has 1 aromatic carbocycles. The first-order valence-corrected chi connectivity index (χ1v) is 4.72. The molecule has 1 aromatic rings. The lowest BCUT2D eigenvalue weighted by molar-refractivity contribution is 0.668. The smallest absolute Gasteiger partial charge is 0.0417 e. The van der Waals surface area contributed by atoms with Crippen LogP contribution in [0.5, 0.6) is 0 Å². The summed E-state index contributed by atoms with van der Waals surface area (Å²) in [5, 5.41) is 3.36. The summed E-state index contributed by atoms with van der Waals surface area (Å²) < 4.78 is 0. The van der Waals surface area contributed by atoms with Gasteiger partial charge in [-0.15, -0.1) is 0 Å². The molecule has 0 saturated heterocycles. The van der Waals surface area contributed by atoms with E-state index < -0.39 is 0 Å².